The highest BCUT2D eigenvalue weighted by molar-refractivity contribution is 7.98. The lowest BCUT2D eigenvalue weighted by molar-refractivity contribution is 0.527. The molecular weight excluding hydrogens is 254 g/mol. The Morgan fingerprint density at radius 3 is 2.53 bits per heavy atom. The number of hydrogen-bond donors (Lipinski definition) is 1. The highest BCUT2D eigenvalue weighted by Gasteiger charge is 2.07. The van der Waals surface area contributed by atoms with Crippen molar-refractivity contribution in [1.82, 2.24) is 9.55 Å². The SMILES string of the molecule is CSc1ccc(Nc2nc(C)cn2CC(C)C)cc1. The molecule has 0 saturated heterocycles. The van der Waals surface area contributed by atoms with E-state index in [-0.39, 0.29) is 0 Å². The van der Waals surface area contributed by atoms with Crippen LogP contribution in [0.5, 0.6) is 0 Å². The predicted molar refractivity (Wildman–Crippen MR) is 83.3 cm³/mol. The average Bonchev–Trinajstić information content (AvgIpc) is 2.69. The van der Waals surface area contributed by atoms with Gasteiger partial charge in [-0.15, -0.1) is 11.8 Å². The summed E-state index contributed by atoms with van der Waals surface area (Å²) in [6.07, 6.45) is 4.18. The minimum absolute atomic E-state index is 0.605. The number of rotatable bonds is 5. The molecule has 0 fully saturated rings. The third kappa shape index (κ3) is 3.77. The van der Waals surface area contributed by atoms with E-state index in [0.29, 0.717) is 5.92 Å². The lowest BCUT2D eigenvalue weighted by atomic mass is 10.2. The van der Waals surface area contributed by atoms with E-state index in [4.69, 9.17) is 0 Å². The van der Waals surface area contributed by atoms with Gasteiger partial charge in [-0.05, 0) is 43.4 Å². The standard InChI is InChI=1S/C15H21N3S/c1-11(2)9-18-10-12(3)16-15(18)17-13-5-7-14(19-4)8-6-13/h5-8,10-11H,9H2,1-4H3,(H,16,17). The average molecular weight is 275 g/mol. The van der Waals surface area contributed by atoms with Gasteiger partial charge in [0.25, 0.3) is 0 Å². The first-order chi connectivity index (χ1) is 9.08. The molecule has 0 saturated carbocycles. The first-order valence-corrected chi connectivity index (χ1v) is 7.76. The largest absolute Gasteiger partial charge is 0.326 e. The van der Waals surface area contributed by atoms with Gasteiger partial charge in [0, 0.05) is 23.3 Å². The van der Waals surface area contributed by atoms with Crippen LogP contribution in [0.2, 0.25) is 0 Å². The lowest BCUT2D eigenvalue weighted by Crippen LogP contribution is -2.07. The Morgan fingerprint density at radius 1 is 1.26 bits per heavy atom. The zero-order chi connectivity index (χ0) is 13.8. The second-order valence-corrected chi connectivity index (χ2v) is 5.99. The summed E-state index contributed by atoms with van der Waals surface area (Å²) in [6.45, 7) is 7.43. The number of aryl methyl sites for hydroxylation is 1. The Morgan fingerprint density at radius 2 is 1.95 bits per heavy atom. The molecule has 0 bridgehead atoms. The topological polar surface area (TPSA) is 29.9 Å². The van der Waals surface area contributed by atoms with Crippen LogP contribution < -0.4 is 5.32 Å². The fourth-order valence-electron chi connectivity index (χ4n) is 1.98. The molecule has 102 valence electrons. The molecule has 3 nitrogen and oxygen atoms in total. The van der Waals surface area contributed by atoms with Crippen molar-refractivity contribution >= 4 is 23.4 Å². The Labute approximate surface area is 119 Å². The van der Waals surface area contributed by atoms with E-state index in [2.05, 4.69) is 65.4 Å². The normalized spacial score (nSPS) is 11.0. The highest BCUT2D eigenvalue weighted by Crippen LogP contribution is 2.21. The maximum Gasteiger partial charge on any atom is 0.207 e. The van der Waals surface area contributed by atoms with Gasteiger partial charge in [0.2, 0.25) is 5.95 Å². The molecular formula is C15H21N3S. The first kappa shape index (κ1) is 14.0. The van der Waals surface area contributed by atoms with Gasteiger partial charge in [0.1, 0.15) is 0 Å². The van der Waals surface area contributed by atoms with Crippen LogP contribution in [0.4, 0.5) is 11.6 Å². The molecule has 1 aromatic heterocycles. The first-order valence-electron chi connectivity index (χ1n) is 6.53. The summed E-state index contributed by atoms with van der Waals surface area (Å²) in [4.78, 5) is 5.82. The second kappa shape index (κ2) is 6.15. The molecule has 2 rings (SSSR count). The summed E-state index contributed by atoms with van der Waals surface area (Å²) in [7, 11) is 0. The molecule has 0 radical (unpaired) electrons. The van der Waals surface area contributed by atoms with E-state index in [1.165, 1.54) is 4.90 Å². The van der Waals surface area contributed by atoms with Gasteiger partial charge in [-0.2, -0.15) is 0 Å². The molecule has 0 atom stereocenters. The molecule has 4 heteroatoms. The van der Waals surface area contributed by atoms with Crippen LogP contribution in [0.3, 0.4) is 0 Å². The quantitative estimate of drug-likeness (QED) is 0.824. The van der Waals surface area contributed by atoms with Crippen LogP contribution in [-0.2, 0) is 6.54 Å². The minimum atomic E-state index is 0.605. The highest BCUT2D eigenvalue weighted by atomic mass is 32.2. The molecule has 0 aliphatic rings. The summed E-state index contributed by atoms with van der Waals surface area (Å²) in [5.41, 5.74) is 2.12. The zero-order valence-electron chi connectivity index (χ0n) is 12.0. The van der Waals surface area contributed by atoms with Gasteiger partial charge in [-0.1, -0.05) is 13.8 Å². The van der Waals surface area contributed by atoms with Crippen LogP contribution in [0, 0.1) is 12.8 Å². The molecule has 0 spiro atoms. The number of imidazole rings is 1. The van der Waals surface area contributed by atoms with Crippen LogP contribution in [0.15, 0.2) is 35.4 Å². The second-order valence-electron chi connectivity index (χ2n) is 5.11. The third-order valence-electron chi connectivity index (χ3n) is 2.80. The number of thioether (sulfide) groups is 1. The van der Waals surface area contributed by atoms with Crippen molar-refractivity contribution in [3.05, 3.63) is 36.2 Å². The fourth-order valence-corrected chi connectivity index (χ4v) is 2.39. The summed E-state index contributed by atoms with van der Waals surface area (Å²) in [5.74, 6) is 1.52. The number of aromatic nitrogens is 2. The van der Waals surface area contributed by atoms with Crippen LogP contribution in [-0.4, -0.2) is 15.8 Å². The van der Waals surface area contributed by atoms with Crippen LogP contribution in [0.1, 0.15) is 19.5 Å². The van der Waals surface area contributed by atoms with E-state index in [0.717, 1.165) is 23.9 Å². The van der Waals surface area contributed by atoms with Crippen LogP contribution in [0.25, 0.3) is 0 Å². The molecule has 1 heterocycles. The van der Waals surface area contributed by atoms with Gasteiger partial charge in [-0.3, -0.25) is 0 Å². The predicted octanol–water partition coefficient (Wildman–Crippen LogP) is 4.31. The van der Waals surface area contributed by atoms with Gasteiger partial charge in [0.15, 0.2) is 0 Å². The van der Waals surface area contributed by atoms with Crippen molar-refractivity contribution in [2.24, 2.45) is 5.92 Å². The molecule has 0 aliphatic carbocycles. The Kier molecular flexibility index (Phi) is 4.53. The van der Waals surface area contributed by atoms with Gasteiger partial charge >= 0.3 is 0 Å². The number of nitrogens with one attached hydrogen (secondary N) is 1. The monoisotopic (exact) mass is 275 g/mol. The molecule has 1 N–H and O–H groups in total. The van der Waals surface area contributed by atoms with Crippen molar-refractivity contribution in [3.63, 3.8) is 0 Å². The maximum absolute atomic E-state index is 4.55. The molecule has 19 heavy (non-hydrogen) atoms. The Balaban J connectivity index is 2.17. The van der Waals surface area contributed by atoms with Gasteiger partial charge < -0.3 is 9.88 Å². The number of anilines is 2. The molecule has 0 aliphatic heterocycles. The third-order valence-corrected chi connectivity index (χ3v) is 3.55. The molecule has 2 aromatic rings. The summed E-state index contributed by atoms with van der Waals surface area (Å²) >= 11 is 1.75. The van der Waals surface area contributed by atoms with E-state index >= 15 is 0 Å². The smallest absolute Gasteiger partial charge is 0.207 e. The maximum atomic E-state index is 4.55. The van der Waals surface area contributed by atoms with Gasteiger partial charge in [0.05, 0.1) is 5.69 Å². The van der Waals surface area contributed by atoms with Crippen LogP contribution >= 0.6 is 11.8 Å². The Hall–Kier alpha value is -1.42. The molecule has 1 aromatic carbocycles. The number of benzene rings is 1. The summed E-state index contributed by atoms with van der Waals surface area (Å²) in [5, 5.41) is 3.39. The van der Waals surface area contributed by atoms with E-state index in [9.17, 15) is 0 Å². The van der Waals surface area contributed by atoms with E-state index < -0.39 is 0 Å². The molecule has 0 unspecified atom stereocenters. The summed E-state index contributed by atoms with van der Waals surface area (Å²) < 4.78 is 2.18. The van der Waals surface area contributed by atoms with Crippen molar-refractivity contribution in [3.8, 4) is 0 Å². The van der Waals surface area contributed by atoms with Crippen molar-refractivity contribution < 1.29 is 0 Å². The minimum Gasteiger partial charge on any atom is -0.326 e. The van der Waals surface area contributed by atoms with E-state index in [1.54, 1.807) is 11.8 Å². The van der Waals surface area contributed by atoms with Crippen molar-refractivity contribution in [2.45, 2.75) is 32.2 Å². The van der Waals surface area contributed by atoms with E-state index in [1.807, 2.05) is 6.92 Å². The Bertz CT molecular complexity index is 529. The zero-order valence-corrected chi connectivity index (χ0v) is 12.8. The van der Waals surface area contributed by atoms with Gasteiger partial charge in [-0.25, -0.2) is 4.98 Å². The number of nitrogens with zero attached hydrogens (tertiary/aromatic N) is 2. The fraction of sp³-hybridized carbons (Fsp3) is 0.400. The lowest BCUT2D eigenvalue weighted by Gasteiger charge is -2.11. The van der Waals surface area contributed by atoms with Crippen molar-refractivity contribution in [2.75, 3.05) is 11.6 Å². The summed E-state index contributed by atoms with van der Waals surface area (Å²) in [6, 6.07) is 8.43. The molecule has 0 amide bonds. The number of hydrogen-bond acceptors (Lipinski definition) is 3. The van der Waals surface area contributed by atoms with Crippen molar-refractivity contribution in [1.29, 1.82) is 0 Å².